The molecule has 0 aliphatic rings. The summed E-state index contributed by atoms with van der Waals surface area (Å²) in [6.07, 6.45) is 17.3. The molecule has 482 valence electrons. The number of phenols is 1. The maximum absolute atomic E-state index is 14.5. The number of Topliss-reactive ketones (excluding diaryl/α,β-unsaturated/α-hetero) is 4. The predicted molar refractivity (Wildman–Crippen MR) is 332 cm³/mol. The first-order valence-electron chi connectivity index (χ1n) is 31.7. The zero-order chi connectivity index (χ0) is 63.4. The number of aliphatic imine (C=N–C) groups is 1. The Morgan fingerprint density at radius 2 is 0.988 bits per heavy atom. The molecule has 0 heterocycles. The summed E-state index contributed by atoms with van der Waals surface area (Å²) in [6, 6.07) is 2.72. The molecule has 0 unspecified atom stereocenters. The Hall–Kier alpha value is -6.29. The van der Waals surface area contributed by atoms with Gasteiger partial charge in [0.05, 0.1) is 31.2 Å². The maximum Gasteiger partial charge on any atom is 0.239 e. The molecular weight excluding hydrogens is 1090 g/mol. The fourth-order valence-corrected chi connectivity index (χ4v) is 10.2. The lowest BCUT2D eigenvalue weighted by Crippen LogP contribution is -2.48. The zero-order valence-electron chi connectivity index (χ0n) is 52.0. The van der Waals surface area contributed by atoms with E-state index in [0.29, 0.717) is 63.6 Å². The third-order valence-corrected chi connectivity index (χ3v) is 15.1. The molecule has 0 bridgehead atoms. The summed E-state index contributed by atoms with van der Waals surface area (Å²) in [5.74, 6) is -8.37. The number of unbranched alkanes of at least 4 members (excludes halogenated alkanes) is 14. The van der Waals surface area contributed by atoms with Crippen molar-refractivity contribution in [2.75, 3.05) is 32.7 Å². The van der Waals surface area contributed by atoms with Gasteiger partial charge in [-0.25, -0.2) is 0 Å². The molecule has 0 aliphatic carbocycles. The van der Waals surface area contributed by atoms with Crippen molar-refractivity contribution in [2.24, 2.45) is 57.3 Å². The summed E-state index contributed by atoms with van der Waals surface area (Å²) in [5.41, 5.74) is 28.7. The number of guanidine groups is 1. The van der Waals surface area contributed by atoms with E-state index in [4.69, 9.17) is 28.7 Å². The average Bonchev–Trinajstić information content (AvgIpc) is 3.67. The molecule has 1 rings (SSSR count). The van der Waals surface area contributed by atoms with Gasteiger partial charge >= 0.3 is 0 Å². The summed E-state index contributed by atoms with van der Waals surface area (Å²) >= 11 is 0. The van der Waals surface area contributed by atoms with E-state index in [0.717, 1.165) is 19.3 Å². The topological polar surface area (TPSA) is 394 Å². The lowest BCUT2D eigenvalue weighted by molar-refractivity contribution is -0.136. The number of hydrogen-bond acceptors (Lipinski definition) is 14. The largest absolute Gasteiger partial charge is 0.508 e. The van der Waals surface area contributed by atoms with Crippen molar-refractivity contribution in [1.82, 2.24) is 26.6 Å². The monoisotopic (exact) mass is 1200 g/mol. The molecule has 0 radical (unpaired) electrons. The van der Waals surface area contributed by atoms with Gasteiger partial charge in [0.15, 0.2) is 29.1 Å². The Morgan fingerprint density at radius 3 is 1.52 bits per heavy atom. The second kappa shape index (κ2) is 46.9. The van der Waals surface area contributed by atoms with E-state index in [1.807, 2.05) is 13.8 Å². The molecule has 0 aromatic heterocycles. The van der Waals surface area contributed by atoms with Crippen LogP contribution in [0.3, 0.4) is 0 Å². The van der Waals surface area contributed by atoms with E-state index >= 15 is 0 Å². The quantitative estimate of drug-likeness (QED) is 0.0220. The molecule has 1 aromatic carbocycles. The van der Waals surface area contributed by atoms with Crippen LogP contribution in [-0.2, 0) is 54.4 Å². The highest BCUT2D eigenvalue weighted by Gasteiger charge is 2.34. The van der Waals surface area contributed by atoms with Crippen molar-refractivity contribution >= 4 is 64.5 Å². The number of nitrogens with two attached hydrogens (primary N) is 5. The van der Waals surface area contributed by atoms with Crippen molar-refractivity contribution in [3.05, 3.63) is 29.8 Å². The molecule has 0 fully saturated rings. The second-order valence-electron chi connectivity index (χ2n) is 23.2. The van der Waals surface area contributed by atoms with Crippen LogP contribution in [-0.4, -0.2) is 120 Å². The minimum atomic E-state index is -1.35. The number of carbonyl (C=O) groups is 10. The van der Waals surface area contributed by atoms with Crippen LogP contribution in [0.2, 0.25) is 0 Å². The number of phenolic OH excluding ortho intramolecular Hbond substituents is 1. The molecule has 0 saturated heterocycles. The van der Waals surface area contributed by atoms with Crippen LogP contribution in [0.5, 0.6) is 5.75 Å². The Bertz CT molecular complexity index is 2190. The van der Waals surface area contributed by atoms with Gasteiger partial charge in [-0.2, -0.15) is 0 Å². The molecule has 85 heavy (non-hydrogen) atoms. The first kappa shape index (κ1) is 76.7. The van der Waals surface area contributed by atoms with Crippen molar-refractivity contribution in [3.8, 4) is 5.75 Å². The first-order valence-corrected chi connectivity index (χ1v) is 31.7. The smallest absolute Gasteiger partial charge is 0.239 e. The third kappa shape index (κ3) is 37.7. The normalized spacial score (nSPS) is 13.3. The van der Waals surface area contributed by atoms with Crippen LogP contribution in [0.1, 0.15) is 219 Å². The molecule has 16 N–H and O–H groups in total. The lowest BCUT2D eigenvalue weighted by atomic mass is 9.87. The van der Waals surface area contributed by atoms with E-state index in [1.165, 1.54) is 69.9 Å². The summed E-state index contributed by atoms with van der Waals surface area (Å²) in [4.78, 5) is 139. The van der Waals surface area contributed by atoms with Gasteiger partial charge in [-0.15, -0.1) is 0 Å². The minimum absolute atomic E-state index is 0.0248. The number of aromatic hydroxyl groups is 1. The minimum Gasteiger partial charge on any atom is -0.508 e. The third-order valence-electron chi connectivity index (χ3n) is 15.1. The van der Waals surface area contributed by atoms with Gasteiger partial charge in [-0.05, 0) is 107 Å². The number of hydrogen-bond donors (Lipinski definition) is 11. The highest BCUT2D eigenvalue weighted by molar-refractivity contribution is 5.97. The van der Waals surface area contributed by atoms with Crippen LogP contribution in [0.15, 0.2) is 29.3 Å². The van der Waals surface area contributed by atoms with Crippen molar-refractivity contribution in [1.29, 1.82) is 0 Å². The SMILES string of the molecule is CCCCCCCCCCCCCCCC(=O)NCC(=O)NCC(=O)C[C@@H](Cc1ccc(O)cc1)C(=O)N[C@@H](CCC(N)=O)C(=O)C[C@@H](CCCCN)C(=O)N[C@@H](CCCCN)C(=O)C[C@@H](CC(C)C)C(=O)N[C@@H](CCCN=C(N)N)C(=O)CC. The zero-order valence-corrected chi connectivity index (χ0v) is 52.0. The Labute approximate surface area is 506 Å². The number of benzene rings is 1. The van der Waals surface area contributed by atoms with Gasteiger partial charge in [0.25, 0.3) is 0 Å². The van der Waals surface area contributed by atoms with E-state index in [1.54, 1.807) is 19.1 Å². The van der Waals surface area contributed by atoms with Crippen LogP contribution < -0.4 is 55.3 Å². The molecule has 6 atom stereocenters. The molecule has 0 saturated carbocycles. The second-order valence-corrected chi connectivity index (χ2v) is 23.2. The van der Waals surface area contributed by atoms with Gasteiger partial charge in [-0.1, -0.05) is 123 Å². The van der Waals surface area contributed by atoms with Crippen molar-refractivity contribution in [3.63, 3.8) is 0 Å². The standard InChI is InChI=1S/C63H109N11O11/c1-5-7-8-9-10-11-12-13-14-15-16-17-18-27-58(81)71-43-59(82)70-42-50(76)39-48(38-45-28-30-49(75)31-29-45)62(85)74-53(32-33-57(66)80)55(78)40-46(24-19-21-34-64)60(83)73-52(25-20-22-35-65)56(79)41-47(37-44(3)4)61(84)72-51(54(77)6-2)26-23-36-69-63(67)68/h28-31,44,46-48,51-53,75H,5-27,32-43,64-65H2,1-4H3,(H2,66,80)(H,70,82)(H,71,81)(H,72,84)(H,73,83)(H,74,85)(H4,67,68,69)/t46-,47-,48-,51+,52+,53+/m1/s1. The number of amides is 6. The van der Waals surface area contributed by atoms with Gasteiger partial charge in [0, 0.05) is 62.8 Å². The number of primary amides is 1. The fraction of sp³-hybridized carbons (Fsp3) is 0.730. The Kier molecular flexibility index (Phi) is 42.4. The van der Waals surface area contributed by atoms with Gasteiger partial charge in [-0.3, -0.25) is 52.9 Å². The van der Waals surface area contributed by atoms with Gasteiger partial charge in [0.1, 0.15) is 5.75 Å². The summed E-state index contributed by atoms with van der Waals surface area (Å²) in [7, 11) is 0. The van der Waals surface area contributed by atoms with E-state index in [2.05, 4.69) is 38.5 Å². The molecule has 22 heteroatoms. The van der Waals surface area contributed by atoms with Crippen LogP contribution in [0.25, 0.3) is 0 Å². The molecule has 0 aliphatic heterocycles. The first-order chi connectivity index (χ1) is 40.6. The van der Waals surface area contributed by atoms with Crippen LogP contribution >= 0.6 is 0 Å². The molecule has 1 aromatic rings. The summed E-state index contributed by atoms with van der Waals surface area (Å²) < 4.78 is 0. The Morgan fingerprint density at radius 1 is 0.506 bits per heavy atom. The van der Waals surface area contributed by atoms with Crippen LogP contribution in [0, 0.1) is 23.7 Å². The maximum atomic E-state index is 14.5. The highest BCUT2D eigenvalue weighted by atomic mass is 16.3. The van der Waals surface area contributed by atoms with E-state index in [-0.39, 0.29) is 100 Å². The average molecular weight is 1200 g/mol. The highest BCUT2D eigenvalue weighted by Crippen LogP contribution is 2.23. The van der Waals surface area contributed by atoms with Crippen molar-refractivity contribution < 1.29 is 53.1 Å². The number of carbonyl (C=O) groups excluding carboxylic acids is 10. The molecule has 22 nitrogen and oxygen atoms in total. The van der Waals surface area contributed by atoms with Gasteiger partial charge in [0.2, 0.25) is 35.4 Å². The van der Waals surface area contributed by atoms with Crippen LogP contribution in [0.4, 0.5) is 0 Å². The summed E-state index contributed by atoms with van der Waals surface area (Å²) in [6.45, 7) is 7.79. The molecule has 6 amide bonds. The predicted octanol–water partition coefficient (Wildman–Crippen LogP) is 5.43. The summed E-state index contributed by atoms with van der Waals surface area (Å²) in [5, 5.41) is 23.5. The number of ketones is 4. The molecular formula is C63H109N11O11. The number of rotatable bonds is 53. The van der Waals surface area contributed by atoms with Crippen molar-refractivity contribution in [2.45, 2.75) is 238 Å². The molecule has 0 spiro atoms. The lowest BCUT2D eigenvalue weighted by Gasteiger charge is -2.27. The Balaban J connectivity index is 3.22. The number of nitrogens with zero attached hydrogens (tertiary/aromatic N) is 1. The van der Waals surface area contributed by atoms with E-state index < -0.39 is 102 Å². The number of nitrogens with one attached hydrogen (secondary N) is 5. The van der Waals surface area contributed by atoms with E-state index in [9.17, 15) is 53.1 Å². The fourth-order valence-electron chi connectivity index (χ4n) is 10.2. The van der Waals surface area contributed by atoms with Gasteiger partial charge < -0.3 is 60.4 Å².